The molecule has 3 rings (SSSR count). The van der Waals surface area contributed by atoms with Crippen LogP contribution in [0.4, 0.5) is 0 Å². The summed E-state index contributed by atoms with van der Waals surface area (Å²) in [6, 6.07) is 2.22. The first-order valence-corrected chi connectivity index (χ1v) is 5.98. The quantitative estimate of drug-likeness (QED) is 0.753. The van der Waals surface area contributed by atoms with Crippen molar-refractivity contribution in [3.63, 3.8) is 0 Å². The van der Waals surface area contributed by atoms with E-state index < -0.39 is 0 Å². The number of hydrogen-bond donors (Lipinski definition) is 1. The minimum atomic E-state index is 0.856. The molecule has 3 heterocycles. The van der Waals surface area contributed by atoms with E-state index in [9.17, 15) is 0 Å². The van der Waals surface area contributed by atoms with Gasteiger partial charge in [-0.25, -0.2) is 0 Å². The number of ether oxygens (including phenoxy) is 1. The van der Waals surface area contributed by atoms with Crippen molar-refractivity contribution in [2.45, 2.75) is 19.6 Å². The zero-order valence-electron chi connectivity index (χ0n) is 9.48. The van der Waals surface area contributed by atoms with Crippen molar-refractivity contribution in [1.82, 2.24) is 20.0 Å². The van der Waals surface area contributed by atoms with Crippen LogP contribution in [-0.2, 0) is 24.4 Å². The van der Waals surface area contributed by atoms with Crippen molar-refractivity contribution in [1.29, 1.82) is 0 Å². The normalized spacial score (nSPS) is 22.0. The molecular weight excluding hydrogens is 204 g/mol. The smallest absolute Gasteiger partial charge is 0.0768 e. The average Bonchev–Trinajstić information content (AvgIpc) is 2.72. The van der Waals surface area contributed by atoms with E-state index in [4.69, 9.17) is 4.74 Å². The molecule has 0 saturated carbocycles. The molecule has 1 aromatic heterocycles. The van der Waals surface area contributed by atoms with E-state index in [1.54, 1.807) is 0 Å². The Kier molecular flexibility index (Phi) is 2.90. The molecule has 0 radical (unpaired) electrons. The first-order valence-electron chi connectivity index (χ1n) is 5.98. The minimum absolute atomic E-state index is 0.856. The molecule has 2 aliphatic heterocycles. The monoisotopic (exact) mass is 222 g/mol. The summed E-state index contributed by atoms with van der Waals surface area (Å²) in [5.74, 6) is 0. The van der Waals surface area contributed by atoms with Crippen LogP contribution in [0.1, 0.15) is 11.4 Å². The Bertz CT molecular complexity index is 333. The lowest BCUT2D eigenvalue weighted by Crippen LogP contribution is -2.35. The van der Waals surface area contributed by atoms with E-state index in [1.807, 2.05) is 0 Å². The van der Waals surface area contributed by atoms with Gasteiger partial charge in [-0.3, -0.25) is 9.58 Å². The van der Waals surface area contributed by atoms with E-state index in [1.165, 1.54) is 11.4 Å². The van der Waals surface area contributed by atoms with Crippen molar-refractivity contribution in [3.05, 3.63) is 17.5 Å². The van der Waals surface area contributed by atoms with E-state index in [0.29, 0.717) is 0 Å². The van der Waals surface area contributed by atoms with Crippen LogP contribution in [0.15, 0.2) is 6.07 Å². The van der Waals surface area contributed by atoms with E-state index >= 15 is 0 Å². The van der Waals surface area contributed by atoms with E-state index in [2.05, 4.69) is 26.1 Å². The molecule has 2 aliphatic rings. The highest BCUT2D eigenvalue weighted by atomic mass is 16.5. The van der Waals surface area contributed by atoms with Gasteiger partial charge in [0, 0.05) is 32.7 Å². The van der Waals surface area contributed by atoms with E-state index in [-0.39, 0.29) is 0 Å². The molecule has 1 saturated heterocycles. The third-order valence-corrected chi connectivity index (χ3v) is 3.21. The van der Waals surface area contributed by atoms with Crippen molar-refractivity contribution < 1.29 is 4.74 Å². The first kappa shape index (κ1) is 10.3. The molecule has 88 valence electrons. The fourth-order valence-electron chi connectivity index (χ4n) is 2.32. The summed E-state index contributed by atoms with van der Waals surface area (Å²) in [5.41, 5.74) is 2.51. The Balaban J connectivity index is 1.67. The van der Waals surface area contributed by atoms with Gasteiger partial charge in [0.1, 0.15) is 0 Å². The van der Waals surface area contributed by atoms with Crippen molar-refractivity contribution in [3.8, 4) is 0 Å². The van der Waals surface area contributed by atoms with Crippen molar-refractivity contribution >= 4 is 0 Å². The van der Waals surface area contributed by atoms with Gasteiger partial charge in [-0.1, -0.05) is 0 Å². The lowest BCUT2D eigenvalue weighted by molar-refractivity contribution is 0.0335. The maximum atomic E-state index is 5.34. The summed E-state index contributed by atoms with van der Waals surface area (Å²) in [5, 5.41) is 8.00. The van der Waals surface area contributed by atoms with Crippen molar-refractivity contribution in [2.24, 2.45) is 0 Å². The third-order valence-electron chi connectivity index (χ3n) is 3.21. The van der Waals surface area contributed by atoms with Crippen LogP contribution in [0.5, 0.6) is 0 Å². The summed E-state index contributed by atoms with van der Waals surface area (Å²) in [7, 11) is 0. The maximum Gasteiger partial charge on any atom is 0.0768 e. The molecule has 0 aliphatic carbocycles. The standard InChI is InChI=1S/C11H18N4O/c1-2-15-11(8-12-1)7-10(13-15)9-14-3-5-16-6-4-14/h7,12H,1-6,8-9H2. The topological polar surface area (TPSA) is 42.3 Å². The molecule has 0 unspecified atom stereocenters. The minimum Gasteiger partial charge on any atom is -0.379 e. The van der Waals surface area contributed by atoms with Gasteiger partial charge in [0.05, 0.1) is 31.1 Å². The molecule has 1 aromatic rings. The predicted octanol–water partition coefficient (Wildman–Crippen LogP) is -0.182. The fourth-order valence-corrected chi connectivity index (χ4v) is 2.32. The first-order chi connectivity index (χ1) is 7.92. The van der Waals surface area contributed by atoms with E-state index in [0.717, 1.165) is 52.5 Å². The van der Waals surface area contributed by atoms with Crippen LogP contribution in [0.3, 0.4) is 0 Å². The Morgan fingerprint density at radius 2 is 2.19 bits per heavy atom. The molecule has 5 heteroatoms. The summed E-state index contributed by atoms with van der Waals surface area (Å²) in [6.07, 6.45) is 0. The summed E-state index contributed by atoms with van der Waals surface area (Å²) in [6.45, 7) is 7.72. The van der Waals surface area contributed by atoms with Crippen LogP contribution in [0.25, 0.3) is 0 Å². The Hall–Kier alpha value is -0.910. The molecule has 0 spiro atoms. The number of fused-ring (bicyclic) bond motifs is 1. The molecule has 0 amide bonds. The maximum absolute atomic E-state index is 5.34. The number of rotatable bonds is 2. The highest BCUT2D eigenvalue weighted by Crippen LogP contribution is 2.10. The zero-order valence-corrected chi connectivity index (χ0v) is 9.48. The summed E-state index contributed by atoms with van der Waals surface area (Å²) >= 11 is 0. The summed E-state index contributed by atoms with van der Waals surface area (Å²) in [4.78, 5) is 2.41. The second kappa shape index (κ2) is 4.53. The molecule has 1 N–H and O–H groups in total. The Labute approximate surface area is 95.4 Å². The number of morpholine rings is 1. The molecule has 5 nitrogen and oxygen atoms in total. The predicted molar refractivity (Wildman–Crippen MR) is 60.0 cm³/mol. The van der Waals surface area contributed by atoms with Crippen LogP contribution >= 0.6 is 0 Å². The zero-order chi connectivity index (χ0) is 10.8. The average molecular weight is 222 g/mol. The second-order valence-electron chi connectivity index (χ2n) is 4.42. The fraction of sp³-hybridized carbons (Fsp3) is 0.727. The van der Waals surface area contributed by atoms with Crippen molar-refractivity contribution in [2.75, 3.05) is 32.8 Å². The van der Waals surface area contributed by atoms with Gasteiger partial charge in [-0.2, -0.15) is 5.10 Å². The number of aromatic nitrogens is 2. The molecule has 16 heavy (non-hydrogen) atoms. The number of hydrogen-bond acceptors (Lipinski definition) is 4. The lowest BCUT2D eigenvalue weighted by Gasteiger charge is -2.25. The van der Waals surface area contributed by atoms with Gasteiger partial charge >= 0.3 is 0 Å². The molecular formula is C11H18N4O. The SMILES string of the molecule is c1c(CN2CCOCC2)nn2c1CNCC2. The molecule has 0 atom stereocenters. The van der Waals surface area contributed by atoms with Crippen LogP contribution in [0, 0.1) is 0 Å². The molecule has 0 bridgehead atoms. The number of nitrogens with one attached hydrogen (secondary N) is 1. The summed E-state index contributed by atoms with van der Waals surface area (Å²) < 4.78 is 7.47. The highest BCUT2D eigenvalue weighted by molar-refractivity contribution is 5.11. The number of nitrogens with zero attached hydrogens (tertiary/aromatic N) is 3. The third kappa shape index (κ3) is 2.11. The Morgan fingerprint density at radius 3 is 3.00 bits per heavy atom. The Morgan fingerprint density at radius 1 is 1.31 bits per heavy atom. The van der Waals surface area contributed by atoms with Crippen LogP contribution < -0.4 is 5.32 Å². The van der Waals surface area contributed by atoms with Gasteiger partial charge in [-0.05, 0) is 6.07 Å². The van der Waals surface area contributed by atoms with Crippen LogP contribution in [-0.4, -0.2) is 47.5 Å². The molecule has 0 aromatic carbocycles. The van der Waals surface area contributed by atoms with Gasteiger partial charge in [-0.15, -0.1) is 0 Å². The lowest BCUT2D eigenvalue weighted by atomic mass is 10.3. The highest BCUT2D eigenvalue weighted by Gasteiger charge is 2.15. The van der Waals surface area contributed by atoms with Crippen LogP contribution in [0.2, 0.25) is 0 Å². The largest absolute Gasteiger partial charge is 0.379 e. The second-order valence-corrected chi connectivity index (χ2v) is 4.42. The van der Waals surface area contributed by atoms with Gasteiger partial charge in [0.2, 0.25) is 0 Å². The van der Waals surface area contributed by atoms with Gasteiger partial charge < -0.3 is 10.1 Å². The van der Waals surface area contributed by atoms with Gasteiger partial charge in [0.15, 0.2) is 0 Å². The van der Waals surface area contributed by atoms with Gasteiger partial charge in [0.25, 0.3) is 0 Å². The molecule has 1 fully saturated rings.